The molecule has 3 heterocycles. The van der Waals surface area contributed by atoms with Crippen molar-refractivity contribution in [2.24, 2.45) is 7.05 Å². The maximum atomic E-state index is 13.3. The van der Waals surface area contributed by atoms with Crippen molar-refractivity contribution in [3.8, 4) is 5.69 Å². The van der Waals surface area contributed by atoms with Crippen molar-refractivity contribution < 1.29 is 9.53 Å². The summed E-state index contributed by atoms with van der Waals surface area (Å²) < 4.78 is 10.5. The van der Waals surface area contributed by atoms with Crippen molar-refractivity contribution in [2.45, 2.75) is 33.7 Å². The third-order valence-electron chi connectivity index (χ3n) is 5.37. The highest BCUT2D eigenvalue weighted by Crippen LogP contribution is 2.23. The van der Waals surface area contributed by atoms with Crippen LogP contribution in [0.3, 0.4) is 0 Å². The van der Waals surface area contributed by atoms with Crippen molar-refractivity contribution in [3.05, 3.63) is 62.1 Å². The van der Waals surface area contributed by atoms with Crippen LogP contribution in [0.25, 0.3) is 22.6 Å². The maximum absolute atomic E-state index is 13.3. The number of carbonyl (C=O) groups excluding carboxylic acids is 1. The van der Waals surface area contributed by atoms with Crippen LogP contribution < -0.4 is 11.2 Å². The van der Waals surface area contributed by atoms with Gasteiger partial charge in [0.25, 0.3) is 5.56 Å². The molecule has 156 valence electrons. The molecule has 0 saturated carbocycles. The fourth-order valence-electron chi connectivity index (χ4n) is 3.99. The van der Waals surface area contributed by atoms with Gasteiger partial charge in [-0.3, -0.25) is 18.3 Å². The molecule has 0 bridgehead atoms. The standard InChI is InChI=1S/C21H23N5O4/c1-11-7-12(2)9-15(8-11)25-13(3)10-24-16-17(22-20(24)25)23(5)21(29)26(18(16)27)14(4)19(28)30-6/h7-10,14H,1-6H3/t14-/m0/s1. The van der Waals surface area contributed by atoms with Gasteiger partial charge in [0.05, 0.1) is 7.11 Å². The Kier molecular flexibility index (Phi) is 4.41. The number of imidazole rings is 2. The number of hydrogen-bond donors (Lipinski definition) is 0. The van der Waals surface area contributed by atoms with E-state index in [0.717, 1.165) is 27.1 Å². The largest absolute Gasteiger partial charge is 0.467 e. The van der Waals surface area contributed by atoms with Crippen molar-refractivity contribution in [2.75, 3.05) is 7.11 Å². The average Bonchev–Trinajstić information content (AvgIpc) is 3.19. The monoisotopic (exact) mass is 409 g/mol. The number of aryl methyl sites for hydroxylation is 4. The highest BCUT2D eigenvalue weighted by Gasteiger charge is 2.26. The predicted molar refractivity (Wildman–Crippen MR) is 112 cm³/mol. The van der Waals surface area contributed by atoms with Crippen LogP contribution in [-0.4, -0.2) is 36.2 Å². The molecule has 0 aliphatic heterocycles. The molecule has 0 radical (unpaired) electrons. The molecule has 9 heteroatoms. The molecule has 1 atom stereocenters. The number of carbonyl (C=O) groups is 1. The zero-order valence-electron chi connectivity index (χ0n) is 17.8. The van der Waals surface area contributed by atoms with E-state index >= 15 is 0 Å². The number of esters is 1. The van der Waals surface area contributed by atoms with Gasteiger partial charge in [0.1, 0.15) is 6.04 Å². The number of methoxy groups -OCH3 is 1. The second kappa shape index (κ2) is 6.72. The summed E-state index contributed by atoms with van der Waals surface area (Å²) >= 11 is 0. The minimum atomic E-state index is -1.06. The summed E-state index contributed by atoms with van der Waals surface area (Å²) in [6.45, 7) is 7.43. The van der Waals surface area contributed by atoms with Crippen molar-refractivity contribution in [3.63, 3.8) is 0 Å². The molecule has 0 N–H and O–H groups in total. The first-order valence-corrected chi connectivity index (χ1v) is 9.53. The van der Waals surface area contributed by atoms with E-state index in [9.17, 15) is 14.4 Å². The summed E-state index contributed by atoms with van der Waals surface area (Å²) in [5.74, 6) is -0.152. The lowest BCUT2D eigenvalue weighted by Crippen LogP contribution is -2.43. The number of fused-ring (bicyclic) bond motifs is 3. The number of nitrogens with zero attached hydrogens (tertiary/aromatic N) is 5. The van der Waals surface area contributed by atoms with E-state index in [1.807, 2.05) is 37.5 Å². The lowest BCUT2D eigenvalue weighted by Gasteiger charge is -2.13. The Labute approximate surface area is 171 Å². The summed E-state index contributed by atoms with van der Waals surface area (Å²) in [5.41, 5.74) is 3.29. The van der Waals surface area contributed by atoms with Crippen LogP contribution in [0.15, 0.2) is 34.0 Å². The van der Waals surface area contributed by atoms with Gasteiger partial charge in [-0.25, -0.2) is 14.2 Å². The van der Waals surface area contributed by atoms with Gasteiger partial charge in [0.2, 0.25) is 5.78 Å². The first-order chi connectivity index (χ1) is 14.1. The number of benzene rings is 1. The Morgan fingerprint density at radius 1 is 1.10 bits per heavy atom. The zero-order chi connectivity index (χ0) is 21.9. The summed E-state index contributed by atoms with van der Waals surface area (Å²) in [4.78, 5) is 42.7. The maximum Gasteiger partial charge on any atom is 0.333 e. The first-order valence-electron chi connectivity index (χ1n) is 9.53. The van der Waals surface area contributed by atoms with Crippen LogP contribution in [-0.2, 0) is 16.6 Å². The fraction of sp³-hybridized carbons (Fsp3) is 0.333. The Morgan fingerprint density at radius 3 is 2.33 bits per heavy atom. The Balaban J connectivity index is 2.12. The molecule has 0 aliphatic rings. The number of rotatable bonds is 3. The van der Waals surface area contributed by atoms with Gasteiger partial charge in [-0.15, -0.1) is 0 Å². The smallest absolute Gasteiger partial charge is 0.333 e. The summed E-state index contributed by atoms with van der Waals surface area (Å²) in [6, 6.07) is 5.10. The van der Waals surface area contributed by atoms with E-state index in [2.05, 4.69) is 11.1 Å². The van der Waals surface area contributed by atoms with Crippen molar-refractivity contribution in [1.82, 2.24) is 23.1 Å². The van der Waals surface area contributed by atoms with Crippen LogP contribution >= 0.6 is 0 Å². The van der Waals surface area contributed by atoms with Crippen LogP contribution in [0.2, 0.25) is 0 Å². The third kappa shape index (κ3) is 2.69. The van der Waals surface area contributed by atoms with Crippen LogP contribution in [0.4, 0.5) is 0 Å². The fourth-order valence-corrected chi connectivity index (χ4v) is 3.99. The molecule has 0 aliphatic carbocycles. The summed E-state index contributed by atoms with van der Waals surface area (Å²) in [5, 5.41) is 0. The summed E-state index contributed by atoms with van der Waals surface area (Å²) in [6.07, 6.45) is 1.81. The first kappa shape index (κ1) is 19.7. The Morgan fingerprint density at radius 2 is 1.73 bits per heavy atom. The number of aromatic nitrogens is 5. The van der Waals surface area contributed by atoms with Gasteiger partial charge >= 0.3 is 11.7 Å². The molecule has 4 aromatic rings. The van der Waals surface area contributed by atoms with Gasteiger partial charge < -0.3 is 4.74 Å². The molecular formula is C21H23N5O4. The lowest BCUT2D eigenvalue weighted by molar-refractivity contribution is -0.144. The van der Waals surface area contributed by atoms with Gasteiger partial charge in [-0.2, -0.15) is 4.98 Å². The quantitative estimate of drug-likeness (QED) is 0.481. The van der Waals surface area contributed by atoms with Crippen molar-refractivity contribution >= 4 is 22.9 Å². The second-order valence-corrected chi connectivity index (χ2v) is 7.62. The van der Waals surface area contributed by atoms with Crippen LogP contribution in [0.5, 0.6) is 0 Å². The topological polar surface area (TPSA) is 92.5 Å². The molecule has 0 amide bonds. The third-order valence-corrected chi connectivity index (χ3v) is 5.37. The van der Waals surface area contributed by atoms with Gasteiger partial charge in [0.15, 0.2) is 11.2 Å². The van der Waals surface area contributed by atoms with E-state index in [4.69, 9.17) is 4.74 Å². The van der Waals surface area contributed by atoms with E-state index in [1.165, 1.54) is 25.6 Å². The Bertz CT molecular complexity index is 1430. The molecule has 0 spiro atoms. The minimum absolute atomic E-state index is 0.231. The highest BCUT2D eigenvalue weighted by molar-refractivity contribution is 5.78. The second-order valence-electron chi connectivity index (χ2n) is 7.62. The zero-order valence-corrected chi connectivity index (χ0v) is 17.8. The summed E-state index contributed by atoms with van der Waals surface area (Å²) in [7, 11) is 2.75. The van der Waals surface area contributed by atoms with Gasteiger partial charge in [-0.1, -0.05) is 6.07 Å². The van der Waals surface area contributed by atoms with Crippen LogP contribution in [0.1, 0.15) is 29.8 Å². The Hall–Kier alpha value is -3.62. The molecule has 30 heavy (non-hydrogen) atoms. The normalized spacial score (nSPS) is 12.6. The van der Waals surface area contributed by atoms with Gasteiger partial charge in [0, 0.05) is 24.6 Å². The predicted octanol–water partition coefficient (Wildman–Crippen LogP) is 1.80. The molecule has 0 unspecified atom stereocenters. The van der Waals surface area contributed by atoms with E-state index < -0.39 is 23.3 Å². The average molecular weight is 409 g/mol. The number of hydrogen-bond acceptors (Lipinski definition) is 5. The molecule has 4 rings (SSSR count). The minimum Gasteiger partial charge on any atom is -0.467 e. The molecule has 0 fully saturated rings. The molecule has 9 nitrogen and oxygen atoms in total. The highest BCUT2D eigenvalue weighted by atomic mass is 16.5. The molecular weight excluding hydrogens is 386 g/mol. The molecule has 0 saturated heterocycles. The lowest BCUT2D eigenvalue weighted by atomic mass is 10.1. The van der Waals surface area contributed by atoms with Crippen molar-refractivity contribution in [1.29, 1.82) is 0 Å². The van der Waals surface area contributed by atoms with Gasteiger partial charge in [-0.05, 0) is 51.0 Å². The van der Waals surface area contributed by atoms with E-state index in [0.29, 0.717) is 5.78 Å². The SMILES string of the molecule is COC(=O)[C@H](C)n1c(=O)c2c(nc3n(-c4cc(C)cc(C)c4)c(C)cn23)n(C)c1=O. The number of ether oxygens (including phenoxy) is 1. The van der Waals surface area contributed by atoms with E-state index in [1.54, 1.807) is 10.6 Å². The molecule has 3 aromatic heterocycles. The molecule has 1 aromatic carbocycles. The van der Waals surface area contributed by atoms with E-state index in [-0.39, 0.29) is 11.2 Å². The van der Waals surface area contributed by atoms with Crippen LogP contribution in [0, 0.1) is 20.8 Å².